The molecule has 0 atom stereocenters. The maximum atomic E-state index is 12.0. The number of nitrogens with zero attached hydrogens (tertiary/aromatic N) is 1. The van der Waals surface area contributed by atoms with Gasteiger partial charge >= 0.3 is 0 Å². The lowest BCUT2D eigenvalue weighted by molar-refractivity contribution is -0.121. The van der Waals surface area contributed by atoms with E-state index in [4.69, 9.17) is 0 Å². The Hall–Kier alpha value is -3.14. The molecule has 0 radical (unpaired) electrons. The molecule has 0 aliphatic carbocycles. The maximum Gasteiger partial charge on any atom is 0.250 e. The minimum absolute atomic E-state index is 0.0118. The molecule has 0 spiro atoms. The van der Waals surface area contributed by atoms with E-state index in [0.717, 1.165) is 17.5 Å². The second-order valence-corrected chi connectivity index (χ2v) is 6.25. The van der Waals surface area contributed by atoms with Gasteiger partial charge in [0.1, 0.15) is 0 Å². The molecular weight excluding hydrogens is 324 g/mol. The van der Waals surface area contributed by atoms with Crippen LogP contribution in [0.2, 0.25) is 0 Å². The van der Waals surface area contributed by atoms with Gasteiger partial charge in [-0.2, -0.15) is 0 Å². The van der Waals surface area contributed by atoms with Crippen molar-refractivity contribution in [2.45, 2.75) is 25.9 Å². The van der Waals surface area contributed by atoms with Gasteiger partial charge in [0.25, 0.3) is 5.56 Å². The van der Waals surface area contributed by atoms with Crippen LogP contribution in [-0.2, 0) is 24.3 Å². The molecule has 0 aliphatic rings. The lowest BCUT2D eigenvalue weighted by Crippen LogP contribution is -2.23. The lowest BCUT2D eigenvalue weighted by Gasteiger charge is -2.08. The van der Waals surface area contributed by atoms with Gasteiger partial charge < -0.3 is 9.88 Å². The van der Waals surface area contributed by atoms with E-state index in [1.54, 1.807) is 22.9 Å². The Bertz CT molecular complexity index is 899. The van der Waals surface area contributed by atoms with Gasteiger partial charge in [0, 0.05) is 25.2 Å². The summed E-state index contributed by atoms with van der Waals surface area (Å²) in [6.45, 7) is 1.06. The van der Waals surface area contributed by atoms with Crippen molar-refractivity contribution in [2.24, 2.45) is 0 Å². The largest absolute Gasteiger partial charge is 0.352 e. The van der Waals surface area contributed by atoms with Crippen LogP contribution >= 0.6 is 0 Å². The molecule has 0 unspecified atom stereocenters. The minimum Gasteiger partial charge on any atom is -0.352 e. The summed E-state index contributed by atoms with van der Waals surface area (Å²) in [4.78, 5) is 23.7. The first-order chi connectivity index (χ1) is 12.7. The zero-order valence-corrected chi connectivity index (χ0v) is 14.6. The number of amides is 1. The SMILES string of the molecule is O=C(CCc1ccccc1)NCc1ccc(Cn2ccccc2=O)cc1. The number of aromatic nitrogens is 1. The lowest BCUT2D eigenvalue weighted by atomic mass is 10.1. The molecule has 0 bridgehead atoms. The van der Waals surface area contributed by atoms with Crippen LogP contribution in [0.25, 0.3) is 0 Å². The number of carbonyl (C=O) groups is 1. The average Bonchev–Trinajstić information content (AvgIpc) is 2.68. The molecule has 3 aromatic rings. The quantitative estimate of drug-likeness (QED) is 0.714. The Labute approximate surface area is 153 Å². The van der Waals surface area contributed by atoms with E-state index in [1.807, 2.05) is 60.7 Å². The van der Waals surface area contributed by atoms with Crippen LogP contribution in [0.4, 0.5) is 0 Å². The molecular formula is C22H22N2O2. The molecule has 26 heavy (non-hydrogen) atoms. The average molecular weight is 346 g/mol. The number of nitrogens with one attached hydrogen (secondary N) is 1. The monoisotopic (exact) mass is 346 g/mol. The van der Waals surface area contributed by atoms with Crippen LogP contribution < -0.4 is 10.9 Å². The fourth-order valence-corrected chi connectivity index (χ4v) is 2.74. The fraction of sp³-hybridized carbons (Fsp3) is 0.182. The standard InChI is InChI=1S/C22H22N2O2/c25-21(14-13-18-6-2-1-3-7-18)23-16-19-9-11-20(12-10-19)17-24-15-5-4-8-22(24)26/h1-12,15H,13-14,16-17H2,(H,23,25). The first kappa shape index (κ1) is 17.7. The van der Waals surface area contributed by atoms with Crippen molar-refractivity contribution in [2.75, 3.05) is 0 Å². The fourth-order valence-electron chi connectivity index (χ4n) is 2.74. The van der Waals surface area contributed by atoms with Crippen molar-refractivity contribution in [1.29, 1.82) is 0 Å². The number of carbonyl (C=O) groups excluding carboxylic acids is 1. The Balaban J connectivity index is 1.47. The van der Waals surface area contributed by atoms with Crippen LogP contribution in [0, 0.1) is 0 Å². The molecule has 0 saturated heterocycles. The molecule has 0 aliphatic heterocycles. The summed E-state index contributed by atoms with van der Waals surface area (Å²) in [6.07, 6.45) is 3.01. The van der Waals surface area contributed by atoms with Crippen LogP contribution in [0.1, 0.15) is 23.1 Å². The summed E-state index contributed by atoms with van der Waals surface area (Å²) >= 11 is 0. The molecule has 1 amide bonds. The highest BCUT2D eigenvalue weighted by atomic mass is 16.1. The minimum atomic E-state index is -0.0118. The van der Waals surface area contributed by atoms with E-state index in [0.29, 0.717) is 19.5 Å². The van der Waals surface area contributed by atoms with Gasteiger partial charge in [-0.1, -0.05) is 60.7 Å². The van der Waals surface area contributed by atoms with Gasteiger partial charge in [-0.05, 0) is 29.2 Å². The van der Waals surface area contributed by atoms with Gasteiger partial charge in [-0.25, -0.2) is 0 Å². The Kier molecular flexibility index (Phi) is 5.99. The van der Waals surface area contributed by atoms with Gasteiger partial charge in [0.05, 0.1) is 6.54 Å². The molecule has 0 saturated carbocycles. The molecule has 4 nitrogen and oxygen atoms in total. The molecule has 4 heteroatoms. The van der Waals surface area contributed by atoms with Gasteiger partial charge in [0.2, 0.25) is 5.91 Å². The van der Waals surface area contributed by atoms with Crippen LogP contribution in [0.15, 0.2) is 83.8 Å². The molecule has 1 heterocycles. The summed E-state index contributed by atoms with van der Waals surface area (Å²) in [5, 5.41) is 2.95. The number of benzene rings is 2. The maximum absolute atomic E-state index is 12.0. The van der Waals surface area contributed by atoms with E-state index in [1.165, 1.54) is 5.56 Å². The van der Waals surface area contributed by atoms with Crippen molar-refractivity contribution < 1.29 is 4.79 Å². The summed E-state index contributed by atoms with van der Waals surface area (Å²) in [6, 6.07) is 23.1. The summed E-state index contributed by atoms with van der Waals surface area (Å²) < 4.78 is 1.67. The van der Waals surface area contributed by atoms with Crippen LogP contribution in [-0.4, -0.2) is 10.5 Å². The zero-order valence-electron chi connectivity index (χ0n) is 14.6. The predicted octanol–water partition coefficient (Wildman–Crippen LogP) is 3.15. The van der Waals surface area contributed by atoms with Gasteiger partial charge in [-0.3, -0.25) is 9.59 Å². The molecule has 0 fully saturated rings. The highest BCUT2D eigenvalue weighted by molar-refractivity contribution is 5.76. The second-order valence-electron chi connectivity index (χ2n) is 6.25. The number of hydrogen-bond acceptors (Lipinski definition) is 2. The van der Waals surface area contributed by atoms with E-state index in [2.05, 4.69) is 5.32 Å². The molecule has 1 aromatic heterocycles. The zero-order chi connectivity index (χ0) is 18.2. The van der Waals surface area contributed by atoms with Gasteiger partial charge in [-0.15, -0.1) is 0 Å². The molecule has 132 valence electrons. The summed E-state index contributed by atoms with van der Waals surface area (Å²) in [5.41, 5.74) is 3.25. The predicted molar refractivity (Wildman–Crippen MR) is 103 cm³/mol. The second kappa shape index (κ2) is 8.81. The smallest absolute Gasteiger partial charge is 0.250 e. The van der Waals surface area contributed by atoms with Crippen molar-refractivity contribution in [3.63, 3.8) is 0 Å². The van der Waals surface area contributed by atoms with Crippen molar-refractivity contribution >= 4 is 5.91 Å². The van der Waals surface area contributed by atoms with E-state index in [-0.39, 0.29) is 11.5 Å². The van der Waals surface area contributed by atoms with E-state index < -0.39 is 0 Å². The van der Waals surface area contributed by atoms with Crippen molar-refractivity contribution in [1.82, 2.24) is 9.88 Å². The topological polar surface area (TPSA) is 51.1 Å². The van der Waals surface area contributed by atoms with E-state index in [9.17, 15) is 9.59 Å². The Morgan fingerprint density at radius 1 is 0.808 bits per heavy atom. The third-order valence-corrected chi connectivity index (χ3v) is 4.25. The van der Waals surface area contributed by atoms with Crippen molar-refractivity contribution in [3.8, 4) is 0 Å². The van der Waals surface area contributed by atoms with Crippen LogP contribution in [0.3, 0.4) is 0 Å². The first-order valence-electron chi connectivity index (χ1n) is 8.74. The molecule has 1 N–H and O–H groups in total. The highest BCUT2D eigenvalue weighted by Gasteiger charge is 2.03. The third kappa shape index (κ3) is 5.18. The Morgan fingerprint density at radius 3 is 2.23 bits per heavy atom. The number of hydrogen-bond donors (Lipinski definition) is 1. The summed E-state index contributed by atoms with van der Waals surface area (Å²) in [7, 11) is 0. The first-order valence-corrected chi connectivity index (χ1v) is 8.74. The number of rotatable bonds is 7. The van der Waals surface area contributed by atoms with E-state index >= 15 is 0 Å². The molecule has 2 aromatic carbocycles. The van der Waals surface area contributed by atoms with Crippen LogP contribution in [0.5, 0.6) is 0 Å². The number of aryl methyl sites for hydroxylation is 1. The van der Waals surface area contributed by atoms with Gasteiger partial charge in [0.15, 0.2) is 0 Å². The van der Waals surface area contributed by atoms with Crippen molar-refractivity contribution in [3.05, 3.63) is 106 Å². The normalized spacial score (nSPS) is 10.5. The molecule has 3 rings (SSSR count). The summed E-state index contributed by atoms with van der Waals surface area (Å²) in [5.74, 6) is 0.0498. The highest BCUT2D eigenvalue weighted by Crippen LogP contribution is 2.06. The Morgan fingerprint density at radius 2 is 1.50 bits per heavy atom. The number of pyridine rings is 1. The third-order valence-electron chi connectivity index (χ3n) is 4.25.